The fourth-order valence-electron chi connectivity index (χ4n) is 3.97. The van der Waals surface area contributed by atoms with Gasteiger partial charge in [-0.1, -0.05) is 0 Å². The molecule has 1 fully saturated rings. The van der Waals surface area contributed by atoms with Gasteiger partial charge in [-0.05, 0) is 25.0 Å². The standard InChI is InChI=1S/C17H16F6N6O2/c18-16(19,20)8-1-2-9(26-25-8)29-5-3-7(4-6-29)12-10-11(17(21,22)23)13(30)15(31)24-14(10)28-27-12/h1-2,7,11,13,30H,3-6H2,(H2,24,27,28,31)/t11-,13+/m0/s1. The Morgan fingerprint density at radius 1 is 1.06 bits per heavy atom. The summed E-state index contributed by atoms with van der Waals surface area (Å²) in [5.41, 5.74) is -1.23. The number of aliphatic hydroxyl groups is 1. The minimum Gasteiger partial charge on any atom is -0.382 e. The number of amides is 1. The molecule has 14 heteroatoms. The van der Waals surface area contributed by atoms with Gasteiger partial charge in [0.1, 0.15) is 12.0 Å². The number of anilines is 2. The maximum Gasteiger partial charge on any atom is 0.435 e. The van der Waals surface area contributed by atoms with Crippen molar-refractivity contribution in [2.45, 2.75) is 43.1 Å². The first kappa shape index (κ1) is 21.3. The molecule has 0 unspecified atom stereocenters. The maximum atomic E-state index is 13.6. The fraction of sp³-hybridized carbons (Fsp3) is 0.529. The third-order valence-electron chi connectivity index (χ3n) is 5.49. The van der Waals surface area contributed by atoms with Gasteiger partial charge in [0.05, 0.1) is 0 Å². The third kappa shape index (κ3) is 3.91. The molecule has 1 amide bonds. The molecule has 8 nitrogen and oxygen atoms in total. The number of alkyl halides is 6. The highest BCUT2D eigenvalue weighted by atomic mass is 19.4. The van der Waals surface area contributed by atoms with Gasteiger partial charge in [-0.15, -0.1) is 10.2 Å². The predicted octanol–water partition coefficient (Wildman–Crippen LogP) is 2.56. The summed E-state index contributed by atoms with van der Waals surface area (Å²) < 4.78 is 78.6. The molecule has 0 aliphatic carbocycles. The highest BCUT2D eigenvalue weighted by Gasteiger charge is 2.53. The van der Waals surface area contributed by atoms with Gasteiger partial charge >= 0.3 is 12.4 Å². The number of fused-ring (bicyclic) bond motifs is 1. The Morgan fingerprint density at radius 3 is 2.29 bits per heavy atom. The van der Waals surface area contributed by atoms with Crippen molar-refractivity contribution in [2.75, 3.05) is 23.3 Å². The zero-order valence-corrected chi connectivity index (χ0v) is 15.6. The fourth-order valence-corrected chi connectivity index (χ4v) is 3.97. The lowest BCUT2D eigenvalue weighted by molar-refractivity contribution is -0.177. The molecule has 1 saturated heterocycles. The molecule has 0 radical (unpaired) electrons. The number of nitrogens with one attached hydrogen (secondary N) is 2. The summed E-state index contributed by atoms with van der Waals surface area (Å²) >= 11 is 0. The lowest BCUT2D eigenvalue weighted by Gasteiger charge is -2.34. The quantitative estimate of drug-likeness (QED) is 0.608. The van der Waals surface area contributed by atoms with Crippen molar-refractivity contribution in [3.05, 3.63) is 29.1 Å². The molecule has 0 saturated carbocycles. The number of halogens is 6. The summed E-state index contributed by atoms with van der Waals surface area (Å²) in [6, 6.07) is 2.01. The van der Waals surface area contributed by atoms with E-state index in [0.29, 0.717) is 25.9 Å². The molecule has 2 aromatic rings. The summed E-state index contributed by atoms with van der Waals surface area (Å²) in [6.07, 6.45) is -11.0. The molecule has 4 rings (SSSR count). The number of hydrogen-bond acceptors (Lipinski definition) is 6. The molecule has 31 heavy (non-hydrogen) atoms. The van der Waals surface area contributed by atoms with E-state index in [9.17, 15) is 36.2 Å². The number of aromatic nitrogens is 4. The van der Waals surface area contributed by atoms with Crippen LogP contribution in [0, 0.1) is 0 Å². The van der Waals surface area contributed by atoms with Crippen molar-refractivity contribution < 1.29 is 36.2 Å². The van der Waals surface area contributed by atoms with Crippen LogP contribution in [0.2, 0.25) is 0 Å². The molecule has 2 atom stereocenters. The molecule has 4 heterocycles. The van der Waals surface area contributed by atoms with E-state index in [-0.39, 0.29) is 28.8 Å². The van der Waals surface area contributed by atoms with Gasteiger partial charge in [0.2, 0.25) is 0 Å². The number of aliphatic hydroxyl groups excluding tert-OH is 1. The second kappa shape index (κ2) is 7.35. The Balaban J connectivity index is 1.52. The highest BCUT2D eigenvalue weighted by molar-refractivity contribution is 5.97. The molecule has 2 aromatic heterocycles. The zero-order chi connectivity index (χ0) is 22.6. The van der Waals surface area contributed by atoms with Gasteiger partial charge in [0.15, 0.2) is 17.3 Å². The average molecular weight is 450 g/mol. The summed E-state index contributed by atoms with van der Waals surface area (Å²) in [5, 5.41) is 25.1. The summed E-state index contributed by atoms with van der Waals surface area (Å²) in [5.74, 6) is -3.99. The van der Waals surface area contributed by atoms with E-state index in [4.69, 9.17) is 0 Å². The van der Waals surface area contributed by atoms with E-state index in [0.717, 1.165) is 6.07 Å². The van der Waals surface area contributed by atoms with Crippen molar-refractivity contribution in [2.24, 2.45) is 0 Å². The number of carbonyl (C=O) groups excluding carboxylic acids is 1. The number of aromatic amines is 1. The lowest BCUT2D eigenvalue weighted by Crippen LogP contribution is -2.44. The molecule has 168 valence electrons. The molecule has 0 bridgehead atoms. The van der Waals surface area contributed by atoms with Crippen molar-refractivity contribution >= 4 is 17.5 Å². The summed E-state index contributed by atoms with van der Waals surface area (Å²) in [6.45, 7) is 0.619. The zero-order valence-electron chi connectivity index (χ0n) is 15.6. The van der Waals surface area contributed by atoms with Crippen LogP contribution in [0.3, 0.4) is 0 Å². The first-order chi connectivity index (χ1) is 14.5. The van der Waals surface area contributed by atoms with Gasteiger partial charge in [0, 0.05) is 30.3 Å². The predicted molar refractivity (Wildman–Crippen MR) is 93.2 cm³/mol. The first-order valence-corrected chi connectivity index (χ1v) is 9.26. The number of nitrogens with zero attached hydrogens (tertiary/aromatic N) is 4. The van der Waals surface area contributed by atoms with Gasteiger partial charge in [-0.25, -0.2) is 0 Å². The van der Waals surface area contributed by atoms with Gasteiger partial charge in [0.25, 0.3) is 5.91 Å². The molecule has 3 N–H and O–H groups in total. The molecule has 0 spiro atoms. The Hall–Kier alpha value is -2.90. The van der Waals surface area contributed by atoms with Gasteiger partial charge in [-0.3, -0.25) is 9.89 Å². The maximum absolute atomic E-state index is 13.6. The smallest absolute Gasteiger partial charge is 0.382 e. The average Bonchev–Trinajstić information content (AvgIpc) is 3.10. The van der Waals surface area contributed by atoms with Crippen LogP contribution in [-0.2, 0) is 11.0 Å². The van der Waals surface area contributed by atoms with Gasteiger partial charge in [-0.2, -0.15) is 31.4 Å². The van der Waals surface area contributed by atoms with Crippen LogP contribution in [0.5, 0.6) is 0 Å². The SMILES string of the molecule is O=C1Nc2n[nH]c(C3CCN(c4ccc(C(F)(F)F)nn4)CC3)c2[C@H](C(F)(F)F)[C@H]1O. The number of carbonyl (C=O) groups is 1. The minimum atomic E-state index is -4.86. The van der Waals surface area contributed by atoms with Gasteiger partial charge < -0.3 is 15.3 Å². The second-order valence-corrected chi connectivity index (χ2v) is 7.39. The largest absolute Gasteiger partial charge is 0.435 e. The van der Waals surface area contributed by atoms with Crippen LogP contribution in [0.15, 0.2) is 12.1 Å². The second-order valence-electron chi connectivity index (χ2n) is 7.39. The van der Waals surface area contributed by atoms with E-state index in [1.54, 1.807) is 4.90 Å². The Labute approximate surface area is 170 Å². The van der Waals surface area contributed by atoms with Crippen LogP contribution < -0.4 is 10.2 Å². The highest BCUT2D eigenvalue weighted by Crippen LogP contribution is 2.47. The van der Waals surface area contributed by atoms with Crippen LogP contribution in [0.1, 0.15) is 41.6 Å². The van der Waals surface area contributed by atoms with Crippen LogP contribution >= 0.6 is 0 Å². The molecule has 0 aromatic carbocycles. The van der Waals surface area contributed by atoms with E-state index in [1.807, 2.05) is 0 Å². The monoisotopic (exact) mass is 450 g/mol. The van der Waals surface area contributed by atoms with Crippen molar-refractivity contribution in [1.29, 1.82) is 0 Å². The number of H-pyrrole nitrogens is 1. The number of piperidine rings is 1. The van der Waals surface area contributed by atoms with E-state index in [1.165, 1.54) is 6.07 Å². The van der Waals surface area contributed by atoms with Crippen LogP contribution in [-0.4, -0.2) is 56.8 Å². The van der Waals surface area contributed by atoms with E-state index in [2.05, 4.69) is 25.7 Å². The van der Waals surface area contributed by atoms with E-state index >= 15 is 0 Å². The molecular formula is C17H16F6N6O2. The number of rotatable bonds is 2. The van der Waals surface area contributed by atoms with Crippen molar-refractivity contribution in [3.8, 4) is 0 Å². The molecular weight excluding hydrogens is 434 g/mol. The van der Waals surface area contributed by atoms with Crippen LogP contribution in [0.25, 0.3) is 0 Å². The lowest BCUT2D eigenvalue weighted by atomic mass is 9.83. The summed E-state index contributed by atoms with van der Waals surface area (Å²) in [7, 11) is 0. The van der Waals surface area contributed by atoms with E-state index < -0.39 is 36.0 Å². The Morgan fingerprint density at radius 2 is 1.74 bits per heavy atom. The van der Waals surface area contributed by atoms with Crippen molar-refractivity contribution in [3.63, 3.8) is 0 Å². The Bertz CT molecular complexity index is 965. The minimum absolute atomic E-state index is 0.175. The number of hydrogen-bond donors (Lipinski definition) is 3. The third-order valence-corrected chi connectivity index (χ3v) is 5.49. The first-order valence-electron chi connectivity index (χ1n) is 9.26. The Kier molecular flexibility index (Phi) is 5.06. The normalized spacial score (nSPS) is 22.9. The molecule has 2 aliphatic rings. The molecule has 2 aliphatic heterocycles. The van der Waals surface area contributed by atoms with Crippen LogP contribution in [0.4, 0.5) is 38.0 Å². The topological polar surface area (TPSA) is 107 Å². The van der Waals surface area contributed by atoms with Crippen molar-refractivity contribution in [1.82, 2.24) is 20.4 Å². The summed E-state index contributed by atoms with van der Waals surface area (Å²) in [4.78, 5) is 13.4.